The molecule has 0 aliphatic carbocycles. The van der Waals surface area contributed by atoms with E-state index in [2.05, 4.69) is 29.1 Å². The van der Waals surface area contributed by atoms with Crippen LogP contribution in [0.1, 0.15) is 26.7 Å². The van der Waals surface area contributed by atoms with Crippen molar-refractivity contribution >= 4 is 6.03 Å². The van der Waals surface area contributed by atoms with Gasteiger partial charge in [-0.05, 0) is 38.6 Å². The second kappa shape index (κ2) is 8.85. The average molecular weight is 326 g/mol. The number of urea groups is 1. The number of aliphatic hydroxyl groups is 1. The van der Waals surface area contributed by atoms with Gasteiger partial charge < -0.3 is 25.1 Å². The highest BCUT2D eigenvalue weighted by molar-refractivity contribution is 5.74. The minimum absolute atomic E-state index is 0.0549. The Kier molecular flexibility index (Phi) is 7.11. The van der Waals surface area contributed by atoms with Crippen molar-refractivity contribution in [1.82, 2.24) is 20.0 Å². The summed E-state index contributed by atoms with van der Waals surface area (Å²) in [5, 5.41) is 12.7. The Morgan fingerprint density at radius 1 is 1.13 bits per heavy atom. The van der Waals surface area contributed by atoms with Crippen LogP contribution < -0.4 is 5.32 Å². The molecule has 134 valence electrons. The van der Waals surface area contributed by atoms with Gasteiger partial charge in [0.05, 0.1) is 6.10 Å². The van der Waals surface area contributed by atoms with Gasteiger partial charge in [-0.15, -0.1) is 0 Å². The maximum Gasteiger partial charge on any atom is 0.317 e. The van der Waals surface area contributed by atoms with Crippen LogP contribution in [0.25, 0.3) is 0 Å². The Balaban J connectivity index is 1.62. The van der Waals surface area contributed by atoms with Crippen LogP contribution in [-0.2, 0) is 0 Å². The smallest absolute Gasteiger partial charge is 0.317 e. The first kappa shape index (κ1) is 18.5. The lowest BCUT2D eigenvalue weighted by molar-refractivity contribution is 0.0794. The lowest BCUT2D eigenvalue weighted by Crippen LogP contribution is -2.49. The number of amides is 2. The molecule has 2 unspecified atom stereocenters. The van der Waals surface area contributed by atoms with Gasteiger partial charge in [0, 0.05) is 52.4 Å². The molecule has 0 aromatic heterocycles. The quantitative estimate of drug-likeness (QED) is 0.780. The Bertz CT molecular complexity index is 362. The molecule has 2 saturated heterocycles. The lowest BCUT2D eigenvalue weighted by Gasteiger charge is -2.35. The van der Waals surface area contributed by atoms with Crippen molar-refractivity contribution in [3.8, 4) is 0 Å². The number of piperazine rings is 1. The molecule has 23 heavy (non-hydrogen) atoms. The number of carbonyl (C=O) groups is 1. The van der Waals surface area contributed by atoms with Gasteiger partial charge in [0.25, 0.3) is 0 Å². The van der Waals surface area contributed by atoms with Crippen LogP contribution in [-0.4, -0.2) is 91.3 Å². The van der Waals surface area contributed by atoms with Crippen molar-refractivity contribution in [3.63, 3.8) is 0 Å². The number of hydrogen-bond donors (Lipinski definition) is 2. The summed E-state index contributed by atoms with van der Waals surface area (Å²) in [5.74, 6) is 0.813. The Morgan fingerprint density at radius 2 is 1.74 bits per heavy atom. The Labute approximate surface area is 140 Å². The summed E-state index contributed by atoms with van der Waals surface area (Å²) in [6, 6.07) is 0.0549. The third kappa shape index (κ3) is 5.94. The molecular formula is C17H34N4O2. The first-order valence-corrected chi connectivity index (χ1v) is 9.07. The van der Waals surface area contributed by atoms with Crippen molar-refractivity contribution < 1.29 is 9.90 Å². The van der Waals surface area contributed by atoms with E-state index in [-0.39, 0.29) is 12.1 Å². The van der Waals surface area contributed by atoms with Gasteiger partial charge in [0.2, 0.25) is 0 Å². The summed E-state index contributed by atoms with van der Waals surface area (Å²) in [5.41, 5.74) is 0. The highest BCUT2D eigenvalue weighted by Gasteiger charge is 2.25. The van der Waals surface area contributed by atoms with Crippen LogP contribution in [0.2, 0.25) is 0 Å². The first-order valence-electron chi connectivity index (χ1n) is 9.07. The molecule has 2 heterocycles. The molecule has 2 fully saturated rings. The molecule has 0 aromatic carbocycles. The number of piperidine rings is 1. The largest absolute Gasteiger partial charge is 0.393 e. The number of likely N-dealkylation sites (tertiary alicyclic amines) is 1. The first-order chi connectivity index (χ1) is 11.0. The molecule has 0 radical (unpaired) electrons. The number of rotatable bonds is 5. The third-order valence-electron chi connectivity index (χ3n) is 5.28. The second-order valence-corrected chi connectivity index (χ2v) is 7.46. The summed E-state index contributed by atoms with van der Waals surface area (Å²) in [4.78, 5) is 19.0. The van der Waals surface area contributed by atoms with Crippen molar-refractivity contribution in [3.05, 3.63) is 0 Å². The van der Waals surface area contributed by atoms with Gasteiger partial charge in [-0.25, -0.2) is 4.79 Å². The van der Waals surface area contributed by atoms with Gasteiger partial charge in [0.15, 0.2) is 0 Å². The number of nitrogens with zero attached hydrogens (tertiary/aromatic N) is 3. The van der Waals surface area contributed by atoms with Crippen LogP contribution in [0, 0.1) is 11.8 Å². The van der Waals surface area contributed by atoms with E-state index in [4.69, 9.17) is 0 Å². The normalized spacial score (nSPS) is 24.4. The van der Waals surface area contributed by atoms with Crippen molar-refractivity contribution in [1.29, 1.82) is 0 Å². The molecule has 6 nitrogen and oxygen atoms in total. The highest BCUT2D eigenvalue weighted by Crippen LogP contribution is 2.20. The second-order valence-electron chi connectivity index (χ2n) is 7.46. The van der Waals surface area contributed by atoms with Gasteiger partial charge in [-0.2, -0.15) is 0 Å². The van der Waals surface area contributed by atoms with Crippen LogP contribution in [0.3, 0.4) is 0 Å². The molecular weight excluding hydrogens is 292 g/mol. The summed E-state index contributed by atoms with van der Waals surface area (Å²) >= 11 is 0. The lowest BCUT2D eigenvalue weighted by atomic mass is 9.92. The molecule has 2 N–H and O–H groups in total. The van der Waals surface area contributed by atoms with E-state index in [0.717, 1.165) is 65.2 Å². The molecule has 2 aliphatic rings. The zero-order chi connectivity index (χ0) is 16.8. The fraction of sp³-hybridized carbons (Fsp3) is 0.941. The minimum Gasteiger partial charge on any atom is -0.393 e. The predicted molar refractivity (Wildman–Crippen MR) is 92.5 cm³/mol. The van der Waals surface area contributed by atoms with E-state index in [1.807, 2.05) is 11.8 Å². The standard InChI is InChI=1S/C17H34N4O2/c1-14(13-20-10-8-19(3)9-11-20)12-18-17(23)21-6-4-16(5-7-21)15(2)22/h14-16,22H,4-13H2,1-3H3,(H,18,23). The maximum absolute atomic E-state index is 12.2. The van der Waals surface area contributed by atoms with Crippen molar-refractivity contribution in [2.75, 3.05) is 59.4 Å². The van der Waals surface area contributed by atoms with E-state index in [1.54, 1.807) is 0 Å². The number of carbonyl (C=O) groups excluding carboxylic acids is 1. The zero-order valence-corrected chi connectivity index (χ0v) is 15.0. The van der Waals surface area contributed by atoms with Gasteiger partial charge in [-0.3, -0.25) is 0 Å². The summed E-state index contributed by atoms with van der Waals surface area (Å²) in [6.45, 7) is 11.9. The molecule has 2 rings (SSSR count). The van der Waals surface area contributed by atoms with Gasteiger partial charge in [0.1, 0.15) is 0 Å². The number of hydrogen-bond acceptors (Lipinski definition) is 4. The summed E-state index contributed by atoms with van der Waals surface area (Å²) < 4.78 is 0. The Hall–Kier alpha value is -0.850. The van der Waals surface area contributed by atoms with E-state index < -0.39 is 0 Å². The third-order valence-corrected chi connectivity index (χ3v) is 5.28. The molecule has 6 heteroatoms. The van der Waals surface area contributed by atoms with Crippen LogP contribution in [0.5, 0.6) is 0 Å². The van der Waals surface area contributed by atoms with Gasteiger partial charge in [-0.1, -0.05) is 6.92 Å². The molecule has 0 bridgehead atoms. The molecule has 0 spiro atoms. The van der Waals surface area contributed by atoms with Crippen LogP contribution in [0.4, 0.5) is 4.79 Å². The summed E-state index contributed by atoms with van der Waals surface area (Å²) in [7, 11) is 2.17. The molecule has 0 saturated carbocycles. The molecule has 2 atom stereocenters. The SMILES string of the molecule is CC(CNC(=O)N1CCC(C(C)O)CC1)CN1CCN(C)CC1. The minimum atomic E-state index is -0.260. The number of nitrogens with one attached hydrogen (secondary N) is 1. The molecule has 0 aromatic rings. The van der Waals surface area contributed by atoms with Crippen LogP contribution in [0.15, 0.2) is 0 Å². The van der Waals surface area contributed by atoms with E-state index in [9.17, 15) is 9.90 Å². The van der Waals surface area contributed by atoms with Crippen LogP contribution >= 0.6 is 0 Å². The zero-order valence-electron chi connectivity index (χ0n) is 15.0. The Morgan fingerprint density at radius 3 is 2.30 bits per heavy atom. The number of likely N-dealkylation sites (N-methyl/N-ethyl adjacent to an activating group) is 1. The van der Waals surface area contributed by atoms with Gasteiger partial charge >= 0.3 is 6.03 Å². The van der Waals surface area contributed by atoms with E-state index in [1.165, 1.54) is 0 Å². The summed E-state index contributed by atoms with van der Waals surface area (Å²) in [6.07, 6.45) is 1.55. The fourth-order valence-corrected chi connectivity index (χ4v) is 3.49. The average Bonchev–Trinajstić information content (AvgIpc) is 2.55. The van der Waals surface area contributed by atoms with Crippen molar-refractivity contribution in [2.24, 2.45) is 11.8 Å². The topological polar surface area (TPSA) is 59.1 Å². The molecule has 2 aliphatic heterocycles. The predicted octanol–water partition coefficient (Wildman–Crippen LogP) is 0.672. The molecule has 2 amide bonds. The highest BCUT2D eigenvalue weighted by atomic mass is 16.3. The van der Waals surface area contributed by atoms with E-state index >= 15 is 0 Å². The number of aliphatic hydroxyl groups excluding tert-OH is 1. The fourth-order valence-electron chi connectivity index (χ4n) is 3.49. The monoisotopic (exact) mass is 326 g/mol. The van der Waals surface area contributed by atoms with E-state index in [0.29, 0.717) is 11.8 Å². The van der Waals surface area contributed by atoms with Crippen molar-refractivity contribution in [2.45, 2.75) is 32.8 Å². The maximum atomic E-state index is 12.2.